The van der Waals surface area contributed by atoms with Gasteiger partial charge < -0.3 is 25.0 Å². The number of nitrogens with one attached hydrogen (secondary N) is 2. The van der Waals surface area contributed by atoms with Crippen molar-refractivity contribution >= 4 is 11.6 Å². The lowest BCUT2D eigenvalue weighted by Gasteiger charge is -2.19. The van der Waals surface area contributed by atoms with Crippen LogP contribution in [0.5, 0.6) is 0 Å². The molecule has 0 saturated carbocycles. The van der Waals surface area contributed by atoms with Crippen LogP contribution >= 0.6 is 0 Å². The van der Waals surface area contributed by atoms with Crippen LogP contribution in [0.25, 0.3) is 0 Å². The molecule has 1 fully saturated rings. The third-order valence-corrected chi connectivity index (χ3v) is 4.38. The van der Waals surface area contributed by atoms with Crippen LogP contribution in [0.4, 0.5) is 5.69 Å². The predicted octanol–water partition coefficient (Wildman–Crippen LogP) is 1.73. The van der Waals surface area contributed by atoms with Crippen molar-refractivity contribution < 1.29 is 9.47 Å². The number of guanidine groups is 1. The molecule has 0 spiro atoms. The first-order chi connectivity index (χ1) is 12.3. The number of ether oxygens (including phenoxy) is 2. The summed E-state index contributed by atoms with van der Waals surface area (Å²) in [7, 11) is 3.50. The maximum absolute atomic E-state index is 5.45. The van der Waals surface area contributed by atoms with E-state index < -0.39 is 0 Å². The Morgan fingerprint density at radius 2 is 2.04 bits per heavy atom. The monoisotopic (exact) mass is 348 g/mol. The molecule has 2 N–H and O–H groups in total. The van der Waals surface area contributed by atoms with Gasteiger partial charge in [-0.1, -0.05) is 18.2 Å². The molecule has 2 rings (SSSR count). The summed E-state index contributed by atoms with van der Waals surface area (Å²) in [6, 6.07) is 10.6. The molecule has 0 aromatic heterocycles. The number of benzene rings is 1. The van der Waals surface area contributed by atoms with Crippen LogP contribution in [0.3, 0.4) is 0 Å². The van der Waals surface area contributed by atoms with Gasteiger partial charge in [0.1, 0.15) is 0 Å². The Labute approximate surface area is 151 Å². The molecule has 0 aliphatic carbocycles. The quantitative estimate of drug-likeness (QED) is 0.383. The molecule has 1 aromatic carbocycles. The molecule has 0 bridgehead atoms. The van der Waals surface area contributed by atoms with Gasteiger partial charge in [-0.25, -0.2) is 0 Å². The van der Waals surface area contributed by atoms with Gasteiger partial charge in [0.25, 0.3) is 0 Å². The largest absolute Gasteiger partial charge is 0.382 e. The Kier molecular flexibility index (Phi) is 9.15. The molecule has 140 valence electrons. The number of hydrogen-bond acceptors (Lipinski definition) is 4. The Bertz CT molecular complexity index is 495. The van der Waals surface area contributed by atoms with E-state index in [2.05, 4.69) is 50.9 Å². The van der Waals surface area contributed by atoms with E-state index in [-0.39, 0.29) is 0 Å². The van der Waals surface area contributed by atoms with E-state index in [1.54, 1.807) is 7.11 Å². The number of rotatable bonds is 10. The van der Waals surface area contributed by atoms with Crippen molar-refractivity contribution in [2.75, 3.05) is 65.1 Å². The molecular formula is C19H32N4O2. The summed E-state index contributed by atoms with van der Waals surface area (Å²) in [5, 5.41) is 6.79. The van der Waals surface area contributed by atoms with Crippen molar-refractivity contribution in [1.29, 1.82) is 0 Å². The Hall–Kier alpha value is -1.79. The zero-order chi connectivity index (χ0) is 17.7. The van der Waals surface area contributed by atoms with Crippen LogP contribution in [0.1, 0.15) is 12.8 Å². The highest BCUT2D eigenvalue weighted by Gasteiger charge is 2.22. The van der Waals surface area contributed by atoms with Crippen LogP contribution < -0.4 is 15.5 Å². The number of methoxy groups -OCH3 is 1. The lowest BCUT2D eigenvalue weighted by atomic mass is 10.1. The maximum Gasteiger partial charge on any atom is 0.190 e. The molecule has 1 saturated heterocycles. The van der Waals surface area contributed by atoms with E-state index in [0.717, 1.165) is 45.2 Å². The van der Waals surface area contributed by atoms with Crippen molar-refractivity contribution in [3.05, 3.63) is 30.3 Å². The van der Waals surface area contributed by atoms with E-state index in [4.69, 9.17) is 9.47 Å². The van der Waals surface area contributed by atoms with Gasteiger partial charge in [-0.15, -0.1) is 0 Å². The molecule has 6 heteroatoms. The average Bonchev–Trinajstić information content (AvgIpc) is 3.13. The second kappa shape index (κ2) is 11.7. The third kappa shape index (κ3) is 7.32. The van der Waals surface area contributed by atoms with Gasteiger partial charge in [0.2, 0.25) is 0 Å². The van der Waals surface area contributed by atoms with E-state index >= 15 is 0 Å². The molecule has 1 unspecified atom stereocenters. The highest BCUT2D eigenvalue weighted by molar-refractivity contribution is 5.79. The molecule has 1 aliphatic heterocycles. The summed E-state index contributed by atoms with van der Waals surface area (Å²) in [5.41, 5.74) is 1.32. The van der Waals surface area contributed by atoms with Gasteiger partial charge in [-0.2, -0.15) is 0 Å². The Morgan fingerprint density at radius 1 is 1.20 bits per heavy atom. The molecule has 1 atom stereocenters. The number of hydrogen-bond donors (Lipinski definition) is 2. The van der Waals surface area contributed by atoms with Crippen LogP contribution in [0, 0.1) is 5.92 Å². The molecule has 1 aromatic rings. The van der Waals surface area contributed by atoms with Gasteiger partial charge >= 0.3 is 0 Å². The lowest BCUT2D eigenvalue weighted by Crippen LogP contribution is -2.40. The summed E-state index contributed by atoms with van der Waals surface area (Å²) in [6.45, 7) is 6.08. The second-order valence-corrected chi connectivity index (χ2v) is 6.27. The lowest BCUT2D eigenvalue weighted by molar-refractivity contribution is 0.0698. The van der Waals surface area contributed by atoms with Gasteiger partial charge in [-0.3, -0.25) is 4.99 Å². The summed E-state index contributed by atoms with van der Waals surface area (Å²) >= 11 is 0. The van der Waals surface area contributed by atoms with Crippen molar-refractivity contribution in [3.63, 3.8) is 0 Å². The summed E-state index contributed by atoms with van der Waals surface area (Å²) < 4.78 is 10.4. The van der Waals surface area contributed by atoms with Crippen molar-refractivity contribution in [2.24, 2.45) is 10.9 Å². The highest BCUT2D eigenvalue weighted by Crippen LogP contribution is 2.22. The molecule has 25 heavy (non-hydrogen) atoms. The van der Waals surface area contributed by atoms with Crippen LogP contribution in [-0.2, 0) is 9.47 Å². The number of aliphatic imine (C=N–C) groups is 1. The molecule has 1 aliphatic rings. The van der Waals surface area contributed by atoms with Crippen LogP contribution in [0.15, 0.2) is 35.3 Å². The Balaban J connectivity index is 1.58. The smallest absolute Gasteiger partial charge is 0.190 e. The molecule has 1 heterocycles. The molecule has 0 radical (unpaired) electrons. The van der Waals surface area contributed by atoms with Gasteiger partial charge in [0, 0.05) is 52.6 Å². The first-order valence-corrected chi connectivity index (χ1v) is 9.14. The van der Waals surface area contributed by atoms with E-state index in [0.29, 0.717) is 19.1 Å². The fourth-order valence-electron chi connectivity index (χ4n) is 2.96. The zero-order valence-electron chi connectivity index (χ0n) is 15.5. The molecular weight excluding hydrogens is 316 g/mol. The minimum Gasteiger partial charge on any atom is -0.382 e. The normalized spacial score (nSPS) is 17.8. The summed E-state index contributed by atoms with van der Waals surface area (Å²) in [5.74, 6) is 1.52. The number of anilines is 1. The fraction of sp³-hybridized carbons (Fsp3) is 0.632. The van der Waals surface area contributed by atoms with Crippen molar-refractivity contribution in [2.45, 2.75) is 12.8 Å². The SMILES string of the molecule is CN=C(NCCCOCCOC)NCC1CCN(c2ccccc2)C1. The summed E-state index contributed by atoms with van der Waals surface area (Å²) in [6.07, 6.45) is 2.17. The van der Waals surface area contributed by atoms with Crippen LogP contribution in [-0.4, -0.2) is 66.1 Å². The van der Waals surface area contributed by atoms with Crippen molar-refractivity contribution in [3.8, 4) is 0 Å². The first kappa shape index (κ1) is 19.5. The average molecular weight is 348 g/mol. The summed E-state index contributed by atoms with van der Waals surface area (Å²) in [4.78, 5) is 6.75. The minimum absolute atomic E-state index is 0.649. The zero-order valence-corrected chi connectivity index (χ0v) is 15.5. The third-order valence-electron chi connectivity index (χ3n) is 4.38. The van der Waals surface area contributed by atoms with Crippen LogP contribution in [0.2, 0.25) is 0 Å². The second-order valence-electron chi connectivity index (χ2n) is 6.27. The predicted molar refractivity (Wildman–Crippen MR) is 103 cm³/mol. The maximum atomic E-state index is 5.45. The topological polar surface area (TPSA) is 58.1 Å². The molecule has 6 nitrogen and oxygen atoms in total. The minimum atomic E-state index is 0.649. The van der Waals surface area contributed by atoms with Gasteiger partial charge in [0.05, 0.1) is 13.2 Å². The van der Waals surface area contributed by atoms with E-state index in [1.807, 2.05) is 7.05 Å². The Morgan fingerprint density at radius 3 is 2.80 bits per heavy atom. The first-order valence-electron chi connectivity index (χ1n) is 9.14. The number of para-hydroxylation sites is 1. The van der Waals surface area contributed by atoms with Crippen molar-refractivity contribution in [1.82, 2.24) is 10.6 Å². The van der Waals surface area contributed by atoms with Gasteiger partial charge in [0.15, 0.2) is 5.96 Å². The van der Waals surface area contributed by atoms with Gasteiger partial charge in [-0.05, 0) is 30.9 Å². The van der Waals surface area contributed by atoms with E-state index in [1.165, 1.54) is 12.1 Å². The number of nitrogens with zero attached hydrogens (tertiary/aromatic N) is 2. The fourth-order valence-corrected chi connectivity index (χ4v) is 2.96. The molecule has 0 amide bonds. The standard InChI is InChI=1S/C19H32N4O2/c1-20-19(21-10-6-12-25-14-13-24-2)22-15-17-9-11-23(16-17)18-7-4-3-5-8-18/h3-5,7-8,17H,6,9-16H2,1-2H3,(H2,20,21,22). The highest BCUT2D eigenvalue weighted by atomic mass is 16.5. The van der Waals surface area contributed by atoms with E-state index in [9.17, 15) is 0 Å².